The predicted octanol–water partition coefficient (Wildman–Crippen LogP) is -0.746. The average molecular weight is 190 g/mol. The van der Waals surface area contributed by atoms with Crippen LogP contribution < -0.4 is 0 Å². The normalized spacial score (nSPS) is 43.7. The van der Waals surface area contributed by atoms with Crippen molar-refractivity contribution < 1.29 is 28.8 Å². The Hall–Kier alpha value is -0.850. The van der Waals surface area contributed by atoms with Crippen LogP contribution in [0.2, 0.25) is 0 Å². The Kier molecular flexibility index (Phi) is 2.10. The lowest BCUT2D eigenvalue weighted by molar-refractivity contribution is -0.240. The van der Waals surface area contributed by atoms with E-state index >= 15 is 0 Å². The molecular formula is C7H10O6. The molecule has 0 aromatic carbocycles. The summed E-state index contributed by atoms with van der Waals surface area (Å²) in [4.78, 5) is 10.7. The molecule has 2 heterocycles. The Morgan fingerprint density at radius 3 is 3.00 bits per heavy atom. The molecule has 6 heteroatoms. The zero-order valence-corrected chi connectivity index (χ0v) is 7.00. The van der Waals surface area contributed by atoms with Crippen molar-refractivity contribution in [2.24, 2.45) is 0 Å². The molecule has 0 spiro atoms. The van der Waals surface area contributed by atoms with E-state index in [2.05, 4.69) is 0 Å². The molecule has 2 saturated heterocycles. The van der Waals surface area contributed by atoms with Gasteiger partial charge in [-0.15, -0.1) is 0 Å². The second-order valence-electron chi connectivity index (χ2n) is 2.92. The summed E-state index contributed by atoms with van der Waals surface area (Å²) >= 11 is 0. The minimum atomic E-state index is -0.991. The summed E-state index contributed by atoms with van der Waals surface area (Å²) in [5.74, 6) is 0. The van der Waals surface area contributed by atoms with Crippen molar-refractivity contribution in [1.82, 2.24) is 0 Å². The first kappa shape index (κ1) is 8.74. The topological polar surface area (TPSA) is 74.2 Å². The number of ether oxygens (including phenoxy) is 4. The van der Waals surface area contributed by atoms with Crippen LogP contribution in [0.1, 0.15) is 0 Å². The highest BCUT2D eigenvalue weighted by Gasteiger charge is 2.49. The molecule has 0 aromatic heterocycles. The summed E-state index contributed by atoms with van der Waals surface area (Å²) < 4.78 is 19.4. The summed E-state index contributed by atoms with van der Waals surface area (Å²) in [7, 11) is 1.41. The van der Waals surface area contributed by atoms with E-state index in [1.165, 1.54) is 7.11 Å². The molecule has 0 unspecified atom stereocenters. The first-order valence-corrected chi connectivity index (χ1v) is 3.92. The first-order valence-electron chi connectivity index (χ1n) is 3.92. The van der Waals surface area contributed by atoms with Crippen LogP contribution in [0.4, 0.5) is 4.79 Å². The maximum absolute atomic E-state index is 10.7. The molecule has 0 aromatic rings. The van der Waals surface area contributed by atoms with E-state index in [1.807, 2.05) is 0 Å². The van der Waals surface area contributed by atoms with Crippen molar-refractivity contribution in [3.05, 3.63) is 0 Å². The van der Waals surface area contributed by atoms with Gasteiger partial charge in [-0.2, -0.15) is 0 Å². The van der Waals surface area contributed by atoms with Gasteiger partial charge in [-0.1, -0.05) is 0 Å². The van der Waals surface area contributed by atoms with Gasteiger partial charge in [-0.3, -0.25) is 0 Å². The van der Waals surface area contributed by atoms with Crippen LogP contribution in [0.5, 0.6) is 0 Å². The highest BCUT2D eigenvalue weighted by Crippen LogP contribution is 2.26. The third-order valence-electron chi connectivity index (χ3n) is 2.12. The van der Waals surface area contributed by atoms with Gasteiger partial charge in [0.25, 0.3) is 0 Å². The van der Waals surface area contributed by atoms with Crippen LogP contribution in [0.25, 0.3) is 0 Å². The number of aliphatic hydroxyl groups is 1. The molecule has 74 valence electrons. The number of carbonyl (C=O) groups excluding carboxylic acids is 1. The van der Waals surface area contributed by atoms with Gasteiger partial charge in [0.1, 0.15) is 6.10 Å². The molecule has 0 radical (unpaired) electrons. The number of hydrogen-bond donors (Lipinski definition) is 1. The minimum Gasteiger partial charge on any atom is -0.424 e. The molecule has 0 saturated carbocycles. The Morgan fingerprint density at radius 2 is 2.31 bits per heavy atom. The summed E-state index contributed by atoms with van der Waals surface area (Å²) in [6.07, 6.45) is -3.71. The van der Waals surface area contributed by atoms with Gasteiger partial charge in [-0.25, -0.2) is 4.79 Å². The quantitative estimate of drug-likeness (QED) is 0.548. The molecule has 0 amide bonds. The van der Waals surface area contributed by atoms with Crippen LogP contribution in [-0.4, -0.2) is 49.6 Å². The first-order chi connectivity index (χ1) is 6.22. The second-order valence-corrected chi connectivity index (χ2v) is 2.92. The number of hydrogen-bond acceptors (Lipinski definition) is 6. The lowest BCUT2D eigenvalue weighted by Crippen LogP contribution is -2.52. The fourth-order valence-electron chi connectivity index (χ4n) is 1.47. The Bertz CT molecular complexity index is 217. The van der Waals surface area contributed by atoms with Gasteiger partial charge < -0.3 is 24.1 Å². The van der Waals surface area contributed by atoms with Crippen molar-refractivity contribution in [3.63, 3.8) is 0 Å². The van der Waals surface area contributed by atoms with Crippen LogP contribution >= 0.6 is 0 Å². The molecule has 4 atom stereocenters. The second kappa shape index (κ2) is 3.13. The summed E-state index contributed by atoms with van der Waals surface area (Å²) in [5, 5.41) is 9.55. The van der Waals surface area contributed by atoms with Crippen LogP contribution in [-0.2, 0) is 18.9 Å². The number of fused-ring (bicyclic) bond motifs is 1. The van der Waals surface area contributed by atoms with Crippen molar-refractivity contribution in [1.29, 1.82) is 0 Å². The van der Waals surface area contributed by atoms with E-state index in [0.717, 1.165) is 0 Å². The standard InChI is InChI=1S/C7H10O6/c1-10-6-4(8)5-3(2-11-6)12-7(9)13-5/h3-6,8H,2H2,1H3/t3-,4+,5-,6-/m0/s1. The molecule has 6 nitrogen and oxygen atoms in total. The molecule has 2 rings (SSSR count). The third kappa shape index (κ3) is 1.37. The number of aliphatic hydroxyl groups excluding tert-OH is 1. The van der Waals surface area contributed by atoms with E-state index < -0.39 is 30.8 Å². The van der Waals surface area contributed by atoms with Gasteiger partial charge in [0.05, 0.1) is 6.61 Å². The molecule has 0 bridgehead atoms. The number of carbonyl (C=O) groups is 1. The molecule has 2 aliphatic heterocycles. The molecule has 2 aliphatic rings. The Morgan fingerprint density at radius 1 is 1.54 bits per heavy atom. The monoisotopic (exact) mass is 190 g/mol. The van der Waals surface area contributed by atoms with Crippen LogP contribution in [0.15, 0.2) is 0 Å². The smallest absolute Gasteiger partial charge is 0.424 e. The van der Waals surface area contributed by atoms with E-state index in [4.69, 9.17) is 18.9 Å². The molecule has 13 heavy (non-hydrogen) atoms. The fourth-order valence-corrected chi connectivity index (χ4v) is 1.47. The molecule has 0 aliphatic carbocycles. The van der Waals surface area contributed by atoms with E-state index in [-0.39, 0.29) is 6.61 Å². The summed E-state index contributed by atoms with van der Waals surface area (Å²) in [6, 6.07) is 0. The van der Waals surface area contributed by atoms with Crippen molar-refractivity contribution in [2.75, 3.05) is 13.7 Å². The van der Waals surface area contributed by atoms with E-state index in [9.17, 15) is 9.90 Å². The fraction of sp³-hybridized carbons (Fsp3) is 0.857. The zero-order valence-electron chi connectivity index (χ0n) is 7.00. The van der Waals surface area contributed by atoms with Crippen molar-refractivity contribution in [3.8, 4) is 0 Å². The summed E-state index contributed by atoms with van der Waals surface area (Å²) in [5.41, 5.74) is 0. The van der Waals surface area contributed by atoms with E-state index in [0.29, 0.717) is 0 Å². The van der Waals surface area contributed by atoms with Crippen LogP contribution in [0, 0.1) is 0 Å². The SMILES string of the molecule is CO[C@H]1OC[C@@H]2OC(=O)O[C@@H]2[C@H]1O. The maximum Gasteiger partial charge on any atom is 0.509 e. The largest absolute Gasteiger partial charge is 0.509 e. The van der Waals surface area contributed by atoms with Crippen molar-refractivity contribution >= 4 is 6.16 Å². The Labute approximate surface area is 74.3 Å². The van der Waals surface area contributed by atoms with Gasteiger partial charge in [0, 0.05) is 7.11 Å². The van der Waals surface area contributed by atoms with Gasteiger partial charge in [0.15, 0.2) is 18.5 Å². The zero-order chi connectivity index (χ0) is 9.42. The number of rotatable bonds is 1. The number of methoxy groups -OCH3 is 1. The lowest BCUT2D eigenvalue weighted by atomic mass is 10.1. The Balaban J connectivity index is 2.07. The minimum absolute atomic E-state index is 0.186. The molecule has 2 fully saturated rings. The maximum atomic E-state index is 10.7. The summed E-state index contributed by atoms with van der Waals surface area (Å²) in [6.45, 7) is 0.186. The molecular weight excluding hydrogens is 180 g/mol. The lowest BCUT2D eigenvalue weighted by Gasteiger charge is -2.32. The van der Waals surface area contributed by atoms with Crippen molar-refractivity contribution in [2.45, 2.75) is 24.6 Å². The third-order valence-corrected chi connectivity index (χ3v) is 2.12. The van der Waals surface area contributed by atoms with Gasteiger partial charge in [0.2, 0.25) is 0 Å². The highest BCUT2D eigenvalue weighted by atomic mass is 16.8. The molecule has 1 N–H and O–H groups in total. The van der Waals surface area contributed by atoms with Gasteiger partial charge >= 0.3 is 6.16 Å². The predicted molar refractivity (Wildman–Crippen MR) is 37.9 cm³/mol. The van der Waals surface area contributed by atoms with Gasteiger partial charge in [-0.05, 0) is 0 Å². The van der Waals surface area contributed by atoms with Crippen LogP contribution in [0.3, 0.4) is 0 Å². The average Bonchev–Trinajstić information content (AvgIpc) is 2.47. The van der Waals surface area contributed by atoms with E-state index in [1.54, 1.807) is 0 Å². The highest BCUT2D eigenvalue weighted by molar-refractivity contribution is 5.62.